The van der Waals surface area contributed by atoms with Gasteiger partial charge >= 0.3 is 0 Å². The first-order valence-corrected chi connectivity index (χ1v) is 51.9. The lowest BCUT2D eigenvalue weighted by molar-refractivity contribution is -0.115. The maximum atomic E-state index is 12.8. The number of nitrogens with two attached hydrogens (primary N) is 6. The van der Waals surface area contributed by atoms with Crippen molar-refractivity contribution in [3.05, 3.63) is 311 Å². The molecule has 12 heterocycles. The van der Waals surface area contributed by atoms with Crippen molar-refractivity contribution in [2.24, 2.45) is 7.05 Å². The number of halogens is 1. The van der Waals surface area contributed by atoms with E-state index in [0.29, 0.717) is 130 Å². The SMILES string of the molecule is C=C(C)c1cccc(Cc2nn(C(C)C)c3ncnc(N)c23)c1.C=C(CF)c1cccc(Cc2nn(C(C)C)c3ncnc(N)c23)c1.C=CS(=O)(=O)Nc1ccc(Cc2nn(C(C)C)c3ncnc(N)c23)cc1.C=CS(=O)(=O)Nc1cccc(Cc2nn(C(C)(C)C)c3ncnc(N)c23)c1.C=CS(=O)(=O)Nc1cccc(Cc2nn(C)c3ncnc(N)c23)c1.CCC(=O)Nc1cccc(Cc2nn(C(C)C)c3ncnc(N)c23)c1. The number of nitrogens with one attached hydrogen (secondary N) is 4. The van der Waals surface area contributed by atoms with E-state index in [4.69, 9.17) is 49.7 Å². The van der Waals surface area contributed by atoms with Gasteiger partial charge in [-0.05, 0) is 182 Å². The summed E-state index contributed by atoms with van der Waals surface area (Å²) in [6.07, 6.45) is 12.4. The fourth-order valence-electron chi connectivity index (χ4n) is 16.0. The molecule has 0 aliphatic heterocycles. The zero-order valence-electron chi connectivity index (χ0n) is 85.2. The molecule has 0 saturated heterocycles. The lowest BCUT2D eigenvalue weighted by Gasteiger charge is -2.19. The topological polar surface area (TPSA) is 585 Å². The normalized spacial score (nSPS) is 11.6. The first-order chi connectivity index (χ1) is 70.8. The predicted molar refractivity (Wildman–Crippen MR) is 588 cm³/mol. The van der Waals surface area contributed by atoms with Crippen LogP contribution in [0.4, 0.5) is 62.0 Å². The van der Waals surface area contributed by atoms with Crippen molar-refractivity contribution in [1.82, 2.24) is 118 Å². The molecule has 6 aromatic carbocycles. The van der Waals surface area contributed by atoms with Gasteiger partial charge in [0, 0.05) is 115 Å². The summed E-state index contributed by atoms with van der Waals surface area (Å²) in [6.45, 7) is 43.4. The number of hydrogen-bond acceptors (Lipinski definition) is 31. The highest BCUT2D eigenvalue weighted by Gasteiger charge is 2.27. The Hall–Kier alpha value is -17.2. The Balaban J connectivity index is 0.000000149. The first kappa shape index (κ1) is 109. The third-order valence-electron chi connectivity index (χ3n) is 23.2. The van der Waals surface area contributed by atoms with E-state index in [9.17, 15) is 34.4 Å². The summed E-state index contributed by atoms with van der Waals surface area (Å²) in [4.78, 5) is 62.0. The monoisotopic (exact) mass is 2070 g/mol. The molecule has 18 rings (SSSR count). The zero-order chi connectivity index (χ0) is 108. The average Bonchev–Trinajstić information content (AvgIpc) is 1.59. The summed E-state index contributed by atoms with van der Waals surface area (Å²) in [6, 6.07) is 45.6. The number of sulfonamides is 3. The van der Waals surface area contributed by atoms with Crippen molar-refractivity contribution < 1.29 is 34.4 Å². The first-order valence-electron chi connectivity index (χ1n) is 47.3. The molecule has 16 N–H and O–H groups in total. The molecule has 18 aromatic rings. The van der Waals surface area contributed by atoms with Crippen LogP contribution in [0.15, 0.2) is 233 Å². The Morgan fingerprint density at radius 2 is 0.651 bits per heavy atom. The van der Waals surface area contributed by atoms with Gasteiger partial charge in [-0.3, -0.25) is 23.6 Å². The molecule has 0 aliphatic rings. The van der Waals surface area contributed by atoms with Gasteiger partial charge in [0.1, 0.15) is 79.5 Å². The van der Waals surface area contributed by atoms with Gasteiger partial charge < -0.3 is 39.7 Å². The molecular formula is C104H121FN34O7S3. The maximum absolute atomic E-state index is 12.8. The second-order valence-electron chi connectivity index (χ2n) is 36.9. The van der Waals surface area contributed by atoms with E-state index in [1.807, 2.05) is 165 Å². The number of allylic oxidation sites excluding steroid dienone is 2. The third-order valence-corrected chi connectivity index (χ3v) is 26.0. The van der Waals surface area contributed by atoms with Crippen LogP contribution in [0.3, 0.4) is 0 Å². The number of nitrogens with zero attached hydrogens (tertiary/aromatic N) is 24. The molecule has 1 amide bonds. The molecule has 41 nitrogen and oxygen atoms in total. The Morgan fingerprint density at radius 1 is 0.369 bits per heavy atom. The van der Waals surface area contributed by atoms with Crippen molar-refractivity contribution in [3.63, 3.8) is 0 Å². The van der Waals surface area contributed by atoms with E-state index in [-0.39, 0.29) is 35.6 Å². The summed E-state index contributed by atoms with van der Waals surface area (Å²) >= 11 is 0. The lowest BCUT2D eigenvalue weighted by Crippen LogP contribution is -2.23. The van der Waals surface area contributed by atoms with E-state index >= 15 is 0 Å². The second-order valence-corrected chi connectivity index (χ2v) is 41.8. The number of nitrogen functional groups attached to an aromatic ring is 6. The number of amides is 1. The van der Waals surface area contributed by atoms with Crippen LogP contribution in [0, 0.1) is 0 Å². The maximum Gasteiger partial charge on any atom is 0.254 e. The quantitative estimate of drug-likeness (QED) is 0.0200. The van der Waals surface area contributed by atoms with Crippen LogP contribution in [-0.4, -0.2) is 156 Å². The van der Waals surface area contributed by atoms with Crippen LogP contribution in [0.5, 0.6) is 0 Å². The highest BCUT2D eigenvalue weighted by molar-refractivity contribution is 7.96. The van der Waals surface area contributed by atoms with Crippen molar-refractivity contribution in [2.75, 3.05) is 60.6 Å². The van der Waals surface area contributed by atoms with Crippen LogP contribution < -0.4 is 53.9 Å². The molecule has 0 spiro atoms. The fourth-order valence-corrected chi connectivity index (χ4v) is 17.7. The highest BCUT2D eigenvalue weighted by atomic mass is 32.2. The van der Waals surface area contributed by atoms with E-state index in [0.717, 1.165) is 139 Å². The van der Waals surface area contributed by atoms with Gasteiger partial charge in [0.05, 0.1) is 72.0 Å². The van der Waals surface area contributed by atoms with Gasteiger partial charge in [0.2, 0.25) is 5.91 Å². The number of rotatable bonds is 30. The minimum Gasteiger partial charge on any atom is -0.383 e. The Bertz CT molecular complexity index is 8390. The van der Waals surface area contributed by atoms with Gasteiger partial charge in [-0.15, -0.1) is 0 Å². The lowest BCUT2D eigenvalue weighted by atomic mass is 10.0. The number of carbonyl (C=O) groups is 1. The van der Waals surface area contributed by atoms with Gasteiger partial charge in [-0.1, -0.05) is 142 Å². The van der Waals surface area contributed by atoms with Crippen molar-refractivity contribution >= 4 is 171 Å². The van der Waals surface area contributed by atoms with E-state index in [1.54, 1.807) is 60.3 Å². The molecule has 0 unspecified atom stereocenters. The molecule has 0 saturated carbocycles. The number of anilines is 10. The van der Waals surface area contributed by atoms with E-state index in [1.165, 1.54) is 43.5 Å². The highest BCUT2D eigenvalue weighted by Crippen LogP contribution is 2.35. The molecule has 45 heteroatoms. The molecule has 0 atom stereocenters. The number of aromatic nitrogens is 24. The van der Waals surface area contributed by atoms with Gasteiger partial charge in [0.25, 0.3) is 30.1 Å². The van der Waals surface area contributed by atoms with E-state index in [2.05, 4.69) is 173 Å². The Kier molecular flexibility index (Phi) is 34.3. The number of aryl methyl sites for hydroxylation is 1. The molecule has 0 bridgehead atoms. The van der Waals surface area contributed by atoms with Gasteiger partial charge in [-0.2, -0.15) is 30.6 Å². The minimum atomic E-state index is -3.56. The second kappa shape index (κ2) is 46.9. The number of alkyl halides is 1. The summed E-state index contributed by atoms with van der Waals surface area (Å²) in [5.74, 6) is 2.46. The van der Waals surface area contributed by atoms with Crippen molar-refractivity contribution in [2.45, 2.75) is 165 Å². The summed E-state index contributed by atoms with van der Waals surface area (Å²) < 4.78 is 101. The predicted octanol–water partition coefficient (Wildman–Crippen LogP) is 16.6. The molecule has 0 fully saturated rings. The summed E-state index contributed by atoms with van der Waals surface area (Å²) in [5.41, 5.74) is 56.7. The Labute approximate surface area is 862 Å². The molecule has 774 valence electrons. The van der Waals surface area contributed by atoms with Crippen LogP contribution in [-0.2, 0) is 86.0 Å². The fraction of sp³-hybridized carbons (Fsp3) is 0.260. The molecule has 149 heavy (non-hydrogen) atoms. The van der Waals surface area contributed by atoms with Crippen LogP contribution in [0.25, 0.3) is 77.3 Å². The van der Waals surface area contributed by atoms with Crippen LogP contribution in [0.1, 0.15) is 199 Å². The molecule has 12 aromatic heterocycles. The van der Waals surface area contributed by atoms with Crippen molar-refractivity contribution in [1.29, 1.82) is 0 Å². The molecule has 0 radical (unpaired) electrons. The largest absolute Gasteiger partial charge is 0.383 e. The van der Waals surface area contributed by atoms with E-state index < -0.39 is 36.7 Å². The number of carbonyl (C=O) groups excluding carboxylic acids is 1. The summed E-state index contributed by atoms with van der Waals surface area (Å²) in [5, 5.41) is 38.0. The number of fused-ring (bicyclic) bond motifs is 6. The third kappa shape index (κ3) is 26.7. The zero-order valence-corrected chi connectivity index (χ0v) is 87.7. The van der Waals surface area contributed by atoms with Crippen LogP contribution in [0.2, 0.25) is 0 Å². The number of benzene rings is 6. The summed E-state index contributed by atoms with van der Waals surface area (Å²) in [7, 11) is -8.85. The standard InChI is InChI=1S/C18H20FN5.C18H22N6O2S.C18H22N6O.C18H21N5.C17H20N6O2S.C15H16N6O2S/c1-11(2)24-18-16(17(20)21-10-22-18)15(23-24)8-13-5-4-6-14(7-13)12(3)9-19;1-5-27(25,26)23-13-8-6-7-12(9-13)10-14-15-16(19)20-11-21-17(15)24(22-14)18(2,3)4;1-4-15(25)22-13-7-5-6-12(8-13)9-14-16-17(19)20-10-21-18(16)24(23-14)11(2)3;1-11(2)14-7-5-6-13(8-14)9-15-16-17(19)20-10-21-18(16)23(22-15)12(3)4;1-4-26(24,25)22-13-7-5-12(6-8-13)9-14-15-16(18)19-10-20-17(15)23(21-14)11(2)3;1-3-24(22,23)20-11-6-4-5-10(7-11)8-12-13-14(16)17-9-18-15(13)21(2)19-12/h4-7,10-11H,3,8-9H2,1-2H3,(H2,20,21,22);5-9,11,23H,1,10H2,2-4H3,(H2,19,20,21);5-8,10-11H,4,9H2,1-3H3,(H,22,25)(H2,19,20,21);5-8,10,12H,1,9H2,2-4H3,(H2,19,20,21);4-8,10-11,22H,1,9H2,2-3H3,(H2,18,19,20);3-7,9,20H,1,8H2,2H3,(H2,16,17,18). The number of hydrogen-bond donors (Lipinski definition) is 10. The van der Waals surface area contributed by atoms with Gasteiger partial charge in [-0.25, -0.2) is 113 Å². The average molecular weight is 2070 g/mol. The molecule has 0 aliphatic carbocycles. The molecular weight excluding hydrogens is 1950 g/mol. The van der Waals surface area contributed by atoms with Crippen molar-refractivity contribution in [3.8, 4) is 0 Å². The smallest absolute Gasteiger partial charge is 0.254 e. The van der Waals surface area contributed by atoms with Gasteiger partial charge in [0.15, 0.2) is 33.9 Å². The Morgan fingerprint density at radius 3 is 0.987 bits per heavy atom. The van der Waals surface area contributed by atoms with Crippen LogP contribution >= 0.6 is 0 Å². The minimum absolute atomic E-state index is 0.00988.